The summed E-state index contributed by atoms with van der Waals surface area (Å²) in [5, 5.41) is 8.73. The van der Waals surface area contributed by atoms with Crippen LogP contribution in [0.3, 0.4) is 0 Å². The van der Waals surface area contributed by atoms with Gasteiger partial charge in [-0.2, -0.15) is 5.26 Å². The molecule has 0 aromatic rings. The summed E-state index contributed by atoms with van der Waals surface area (Å²) in [6, 6.07) is 2.09. The molecule has 0 saturated heterocycles. The number of hydrogen-bond acceptors (Lipinski definition) is 3. The number of carbonyl (C=O) groups excluding carboxylic acids is 1. The van der Waals surface area contributed by atoms with Gasteiger partial charge in [0.15, 0.2) is 0 Å². The summed E-state index contributed by atoms with van der Waals surface area (Å²) in [5.41, 5.74) is -0.279. The first kappa shape index (κ1) is 8.79. The molecule has 0 atom stereocenters. The topological polar surface area (TPSA) is 50.1 Å². The van der Waals surface area contributed by atoms with Gasteiger partial charge in [-0.05, 0) is 19.8 Å². The van der Waals surface area contributed by atoms with Gasteiger partial charge in [-0.25, -0.2) is 4.79 Å². The van der Waals surface area contributed by atoms with E-state index in [9.17, 15) is 4.79 Å². The zero-order valence-corrected chi connectivity index (χ0v) is 7.09. The molecule has 0 bridgehead atoms. The summed E-state index contributed by atoms with van der Waals surface area (Å²) < 4.78 is 4.74. The fourth-order valence-corrected chi connectivity index (χ4v) is 1.02. The van der Waals surface area contributed by atoms with E-state index >= 15 is 0 Å². The first-order chi connectivity index (χ1) is 5.66. The number of esters is 1. The van der Waals surface area contributed by atoms with E-state index in [0.717, 1.165) is 12.8 Å². The second kappa shape index (κ2) is 2.98. The smallest absolute Gasteiger partial charge is 0.335 e. The SMILES string of the molecule is C=C(C(=O)OCC)C1(C#N)CC1. The third-order valence-electron chi connectivity index (χ3n) is 2.06. The molecule has 12 heavy (non-hydrogen) atoms. The maximum Gasteiger partial charge on any atom is 0.335 e. The normalized spacial score (nSPS) is 17.7. The van der Waals surface area contributed by atoms with E-state index in [4.69, 9.17) is 10.00 Å². The van der Waals surface area contributed by atoms with Gasteiger partial charge in [0.2, 0.25) is 0 Å². The Morgan fingerprint density at radius 1 is 1.75 bits per heavy atom. The van der Waals surface area contributed by atoms with Gasteiger partial charge < -0.3 is 4.74 Å². The molecular weight excluding hydrogens is 154 g/mol. The predicted molar refractivity (Wildman–Crippen MR) is 43.1 cm³/mol. The third-order valence-corrected chi connectivity index (χ3v) is 2.06. The summed E-state index contributed by atoms with van der Waals surface area (Å²) in [5.74, 6) is -0.434. The number of nitriles is 1. The van der Waals surface area contributed by atoms with E-state index in [0.29, 0.717) is 12.2 Å². The van der Waals surface area contributed by atoms with Crippen LogP contribution in [0.25, 0.3) is 0 Å². The van der Waals surface area contributed by atoms with Crippen LogP contribution in [0.2, 0.25) is 0 Å². The van der Waals surface area contributed by atoms with E-state index in [-0.39, 0.29) is 0 Å². The lowest BCUT2D eigenvalue weighted by Gasteiger charge is -2.07. The second-order valence-electron chi connectivity index (χ2n) is 2.89. The maximum atomic E-state index is 11.1. The van der Waals surface area contributed by atoms with Gasteiger partial charge in [0.25, 0.3) is 0 Å². The summed E-state index contributed by atoms with van der Waals surface area (Å²) in [6.07, 6.45) is 1.47. The van der Waals surface area contributed by atoms with Crippen molar-refractivity contribution in [3.05, 3.63) is 12.2 Å². The summed E-state index contributed by atoms with van der Waals surface area (Å²) >= 11 is 0. The van der Waals surface area contributed by atoms with Crippen LogP contribution in [-0.4, -0.2) is 12.6 Å². The Morgan fingerprint density at radius 2 is 2.33 bits per heavy atom. The lowest BCUT2D eigenvalue weighted by Crippen LogP contribution is -2.14. The van der Waals surface area contributed by atoms with Crippen LogP contribution in [-0.2, 0) is 9.53 Å². The van der Waals surface area contributed by atoms with Crippen LogP contribution in [0.4, 0.5) is 0 Å². The highest BCUT2D eigenvalue weighted by atomic mass is 16.5. The van der Waals surface area contributed by atoms with Gasteiger partial charge in [-0.1, -0.05) is 6.58 Å². The molecule has 1 aliphatic rings. The Labute approximate surface area is 71.6 Å². The fourth-order valence-electron chi connectivity index (χ4n) is 1.02. The van der Waals surface area contributed by atoms with E-state index in [1.165, 1.54) is 0 Å². The first-order valence-corrected chi connectivity index (χ1v) is 3.94. The van der Waals surface area contributed by atoms with Crippen LogP contribution in [0, 0.1) is 16.7 Å². The maximum absolute atomic E-state index is 11.1. The number of nitrogens with zero attached hydrogens (tertiary/aromatic N) is 1. The van der Waals surface area contributed by atoms with Crippen molar-refractivity contribution in [3.8, 4) is 6.07 Å². The highest BCUT2D eigenvalue weighted by molar-refractivity contribution is 5.90. The van der Waals surface area contributed by atoms with Crippen molar-refractivity contribution >= 4 is 5.97 Å². The zero-order valence-electron chi connectivity index (χ0n) is 7.09. The standard InChI is InChI=1S/C9H11NO2/c1-3-12-8(11)7(2)9(6-10)4-5-9/h2-5H2,1H3. The molecule has 0 spiro atoms. The van der Waals surface area contributed by atoms with E-state index in [1.807, 2.05) is 0 Å². The minimum Gasteiger partial charge on any atom is -0.463 e. The van der Waals surface area contributed by atoms with Crippen molar-refractivity contribution in [2.45, 2.75) is 19.8 Å². The minimum absolute atomic E-state index is 0.312. The Morgan fingerprint density at radius 3 is 2.67 bits per heavy atom. The highest BCUT2D eigenvalue weighted by Gasteiger charge is 2.48. The molecule has 0 aromatic carbocycles. The van der Waals surface area contributed by atoms with E-state index < -0.39 is 11.4 Å². The van der Waals surface area contributed by atoms with Gasteiger partial charge in [0.05, 0.1) is 23.7 Å². The lowest BCUT2D eigenvalue weighted by molar-refractivity contribution is -0.139. The molecule has 0 unspecified atom stereocenters. The van der Waals surface area contributed by atoms with Crippen molar-refractivity contribution in [2.75, 3.05) is 6.61 Å². The van der Waals surface area contributed by atoms with Crippen molar-refractivity contribution in [1.82, 2.24) is 0 Å². The van der Waals surface area contributed by atoms with Crippen LogP contribution < -0.4 is 0 Å². The van der Waals surface area contributed by atoms with Crippen molar-refractivity contribution < 1.29 is 9.53 Å². The minimum atomic E-state index is -0.591. The van der Waals surface area contributed by atoms with Gasteiger partial charge in [0.1, 0.15) is 0 Å². The molecular formula is C9H11NO2. The van der Waals surface area contributed by atoms with Gasteiger partial charge in [0, 0.05) is 0 Å². The van der Waals surface area contributed by atoms with Crippen molar-refractivity contribution in [3.63, 3.8) is 0 Å². The highest BCUT2D eigenvalue weighted by Crippen LogP contribution is 2.50. The predicted octanol–water partition coefficient (Wildman–Crippen LogP) is 1.41. The van der Waals surface area contributed by atoms with Crippen LogP contribution >= 0.6 is 0 Å². The molecule has 3 nitrogen and oxygen atoms in total. The monoisotopic (exact) mass is 165 g/mol. The molecule has 64 valence electrons. The van der Waals surface area contributed by atoms with Crippen LogP contribution in [0.15, 0.2) is 12.2 Å². The number of carbonyl (C=O) groups is 1. The molecule has 1 saturated carbocycles. The Bertz CT molecular complexity index is 258. The molecule has 0 radical (unpaired) electrons. The average Bonchev–Trinajstić information content (AvgIpc) is 2.84. The molecule has 1 rings (SSSR count). The van der Waals surface area contributed by atoms with Crippen LogP contribution in [0.1, 0.15) is 19.8 Å². The molecule has 1 fully saturated rings. The zero-order chi connectivity index (χ0) is 9.19. The van der Waals surface area contributed by atoms with Crippen molar-refractivity contribution in [2.24, 2.45) is 5.41 Å². The molecule has 0 aromatic heterocycles. The van der Waals surface area contributed by atoms with Crippen LogP contribution in [0.5, 0.6) is 0 Å². The Balaban J connectivity index is 2.60. The number of rotatable bonds is 3. The van der Waals surface area contributed by atoms with E-state index in [2.05, 4.69) is 12.6 Å². The fraction of sp³-hybridized carbons (Fsp3) is 0.556. The summed E-state index contributed by atoms with van der Waals surface area (Å²) in [7, 11) is 0. The van der Waals surface area contributed by atoms with Gasteiger partial charge >= 0.3 is 5.97 Å². The molecule has 0 aliphatic heterocycles. The second-order valence-corrected chi connectivity index (χ2v) is 2.89. The Kier molecular flexibility index (Phi) is 2.18. The van der Waals surface area contributed by atoms with Gasteiger partial charge in [-0.15, -0.1) is 0 Å². The number of hydrogen-bond donors (Lipinski definition) is 0. The van der Waals surface area contributed by atoms with Crippen molar-refractivity contribution in [1.29, 1.82) is 5.26 Å². The molecule has 0 amide bonds. The molecule has 0 N–H and O–H groups in total. The number of ether oxygens (including phenoxy) is 1. The molecule has 1 aliphatic carbocycles. The first-order valence-electron chi connectivity index (χ1n) is 3.94. The summed E-state index contributed by atoms with van der Waals surface area (Å²) in [4.78, 5) is 11.1. The quantitative estimate of drug-likeness (QED) is 0.469. The lowest BCUT2D eigenvalue weighted by atomic mass is 10.00. The van der Waals surface area contributed by atoms with Gasteiger partial charge in [-0.3, -0.25) is 0 Å². The third kappa shape index (κ3) is 1.33. The molecule has 3 heteroatoms. The van der Waals surface area contributed by atoms with E-state index in [1.54, 1.807) is 6.92 Å². The summed E-state index contributed by atoms with van der Waals surface area (Å²) in [6.45, 7) is 5.65. The Hall–Kier alpha value is -1.30. The molecule has 0 heterocycles. The largest absolute Gasteiger partial charge is 0.463 e. The average molecular weight is 165 g/mol.